The number of para-hydroxylation sites is 1. The molecule has 0 heterocycles. The van der Waals surface area contributed by atoms with Crippen molar-refractivity contribution in [1.29, 1.82) is 0 Å². The van der Waals surface area contributed by atoms with Crippen LogP contribution in [0.4, 0.5) is 8.78 Å². The van der Waals surface area contributed by atoms with Gasteiger partial charge in [-0.25, -0.2) is 8.78 Å². The monoisotopic (exact) mass is 458 g/mol. The highest BCUT2D eigenvalue weighted by molar-refractivity contribution is 5.94. The predicted octanol–water partition coefficient (Wildman–Crippen LogP) is 4.31. The molecule has 33 heavy (non-hydrogen) atoms. The Balaban J connectivity index is 1.75. The largest absolute Gasteiger partial charge is 0.423 e. The number of hydrogen-bond acceptors (Lipinski definition) is 5. The van der Waals surface area contributed by atoms with Crippen LogP contribution in [0, 0.1) is 11.6 Å². The van der Waals surface area contributed by atoms with Crippen molar-refractivity contribution in [2.24, 2.45) is 0 Å². The minimum Gasteiger partial charge on any atom is -0.423 e. The first kappa shape index (κ1) is 24.4. The van der Waals surface area contributed by atoms with Gasteiger partial charge in [0.15, 0.2) is 17.8 Å². The zero-order valence-corrected chi connectivity index (χ0v) is 18.8. The summed E-state index contributed by atoms with van der Waals surface area (Å²) in [6, 6.07) is 10.6. The second-order valence-corrected chi connectivity index (χ2v) is 7.81. The molecule has 0 aliphatic heterocycles. The second kappa shape index (κ2) is 11.6. The van der Waals surface area contributed by atoms with Gasteiger partial charge in [-0.1, -0.05) is 24.3 Å². The number of rotatable bonds is 9. The van der Waals surface area contributed by atoms with E-state index in [2.05, 4.69) is 10.6 Å². The molecule has 0 saturated carbocycles. The number of benzene rings is 2. The smallest absolute Gasteiger partial charge is 0.308 e. The molecule has 0 fully saturated rings. The summed E-state index contributed by atoms with van der Waals surface area (Å²) in [5.41, 5.74) is 2.42. The zero-order chi connectivity index (χ0) is 23.8. The lowest BCUT2D eigenvalue weighted by molar-refractivity contribution is -0.132. The van der Waals surface area contributed by atoms with Crippen molar-refractivity contribution >= 4 is 11.9 Å². The van der Waals surface area contributed by atoms with Gasteiger partial charge < -0.3 is 20.1 Å². The Morgan fingerprint density at radius 1 is 1.09 bits per heavy atom. The molecule has 0 spiro atoms. The fraction of sp³-hybridized carbons (Fsp3) is 0.360. The van der Waals surface area contributed by atoms with Crippen molar-refractivity contribution in [3.05, 3.63) is 76.5 Å². The van der Waals surface area contributed by atoms with Crippen LogP contribution in [0.2, 0.25) is 0 Å². The number of amides is 1. The first-order valence-corrected chi connectivity index (χ1v) is 10.9. The molecule has 1 atom stereocenters. The molecule has 2 aromatic rings. The summed E-state index contributed by atoms with van der Waals surface area (Å²) in [6.07, 6.45) is 2.66. The Bertz CT molecular complexity index is 1040. The summed E-state index contributed by atoms with van der Waals surface area (Å²) in [5.74, 6) is -2.05. The van der Waals surface area contributed by atoms with Gasteiger partial charge in [0.25, 0.3) is 0 Å². The number of carbonyl (C=O) groups excluding carboxylic acids is 2. The maximum Gasteiger partial charge on any atom is 0.308 e. The zero-order valence-electron chi connectivity index (χ0n) is 18.8. The van der Waals surface area contributed by atoms with E-state index in [0.29, 0.717) is 42.6 Å². The first-order chi connectivity index (χ1) is 15.9. The number of methoxy groups -OCH3 is 1. The van der Waals surface area contributed by atoms with Crippen molar-refractivity contribution in [3.63, 3.8) is 0 Å². The van der Waals surface area contributed by atoms with Crippen LogP contribution in [0.15, 0.2) is 53.7 Å². The standard InChI is InChI=1S/C25H28F2N2O4/c1-16(30)33-23-20(10-6-11-21(23)27)25(32-2)29-22-12-4-3-9-19(22)24(31)28-14-13-17-7-5-8-18(26)15-17/h5-8,10-11,15,25,29H,3-4,9,12-14H2,1-2H3,(H,28,31). The van der Waals surface area contributed by atoms with Gasteiger partial charge in [-0.05, 0) is 55.9 Å². The third kappa shape index (κ3) is 6.61. The van der Waals surface area contributed by atoms with E-state index in [1.54, 1.807) is 12.1 Å². The predicted molar refractivity (Wildman–Crippen MR) is 119 cm³/mol. The fourth-order valence-electron chi connectivity index (χ4n) is 3.84. The molecule has 1 aliphatic rings. The number of hydrogen-bond donors (Lipinski definition) is 2. The molecule has 6 nitrogen and oxygen atoms in total. The van der Waals surface area contributed by atoms with Gasteiger partial charge in [0.2, 0.25) is 5.91 Å². The number of ether oxygens (including phenoxy) is 2. The molecule has 0 bridgehead atoms. The van der Waals surface area contributed by atoms with E-state index in [4.69, 9.17) is 9.47 Å². The molecule has 0 radical (unpaired) electrons. The quantitative estimate of drug-likeness (QED) is 0.333. The van der Waals surface area contributed by atoms with E-state index in [0.717, 1.165) is 18.4 Å². The molecule has 2 aromatic carbocycles. The lowest BCUT2D eigenvalue weighted by Gasteiger charge is -2.27. The summed E-state index contributed by atoms with van der Waals surface area (Å²) >= 11 is 0. The van der Waals surface area contributed by atoms with E-state index in [1.165, 1.54) is 38.3 Å². The molecule has 1 aliphatic carbocycles. The van der Waals surface area contributed by atoms with Gasteiger partial charge in [-0.15, -0.1) is 0 Å². The number of nitrogens with one attached hydrogen (secondary N) is 2. The minimum absolute atomic E-state index is 0.206. The normalized spacial score (nSPS) is 14.5. The van der Waals surface area contributed by atoms with Crippen molar-refractivity contribution in [2.45, 2.75) is 45.3 Å². The Hall–Kier alpha value is -3.26. The molecular weight excluding hydrogens is 430 g/mol. The van der Waals surface area contributed by atoms with Crippen LogP contribution in [-0.2, 0) is 20.7 Å². The Kier molecular flexibility index (Phi) is 8.54. The van der Waals surface area contributed by atoms with Crippen LogP contribution < -0.4 is 15.4 Å². The first-order valence-electron chi connectivity index (χ1n) is 10.9. The van der Waals surface area contributed by atoms with Crippen LogP contribution in [0.1, 0.15) is 50.0 Å². The number of esters is 1. The van der Waals surface area contributed by atoms with E-state index in [9.17, 15) is 18.4 Å². The van der Waals surface area contributed by atoms with Crippen LogP contribution in [0.3, 0.4) is 0 Å². The van der Waals surface area contributed by atoms with Crippen LogP contribution >= 0.6 is 0 Å². The van der Waals surface area contributed by atoms with Gasteiger partial charge >= 0.3 is 5.97 Å². The van der Waals surface area contributed by atoms with Crippen molar-refractivity contribution in [3.8, 4) is 5.75 Å². The summed E-state index contributed by atoms with van der Waals surface area (Å²) in [6.45, 7) is 1.56. The van der Waals surface area contributed by atoms with Gasteiger partial charge in [0, 0.05) is 37.4 Å². The van der Waals surface area contributed by atoms with Gasteiger partial charge in [-0.2, -0.15) is 0 Å². The average Bonchev–Trinajstić information content (AvgIpc) is 2.79. The maximum absolute atomic E-state index is 14.3. The van der Waals surface area contributed by atoms with Crippen molar-refractivity contribution < 1.29 is 27.8 Å². The van der Waals surface area contributed by atoms with E-state index < -0.39 is 18.0 Å². The van der Waals surface area contributed by atoms with Crippen LogP contribution in [0.5, 0.6) is 5.75 Å². The second-order valence-electron chi connectivity index (χ2n) is 7.81. The maximum atomic E-state index is 14.3. The van der Waals surface area contributed by atoms with Gasteiger partial charge in [0.05, 0.1) is 0 Å². The molecular formula is C25H28F2N2O4. The summed E-state index contributed by atoms with van der Waals surface area (Å²) in [7, 11) is 1.45. The molecule has 0 aromatic heterocycles. The molecule has 1 amide bonds. The van der Waals surface area contributed by atoms with Crippen molar-refractivity contribution in [1.82, 2.24) is 10.6 Å². The van der Waals surface area contributed by atoms with E-state index in [1.807, 2.05) is 6.07 Å². The van der Waals surface area contributed by atoms with Crippen molar-refractivity contribution in [2.75, 3.05) is 13.7 Å². The lowest BCUT2D eigenvalue weighted by atomic mass is 9.95. The topological polar surface area (TPSA) is 76.7 Å². The lowest BCUT2D eigenvalue weighted by Crippen LogP contribution is -2.33. The molecule has 0 saturated heterocycles. The third-order valence-corrected chi connectivity index (χ3v) is 5.40. The fourth-order valence-corrected chi connectivity index (χ4v) is 3.84. The highest BCUT2D eigenvalue weighted by Crippen LogP contribution is 2.32. The van der Waals surface area contributed by atoms with E-state index >= 15 is 0 Å². The number of carbonyl (C=O) groups is 2. The highest BCUT2D eigenvalue weighted by Gasteiger charge is 2.25. The Morgan fingerprint density at radius 2 is 1.85 bits per heavy atom. The third-order valence-electron chi connectivity index (χ3n) is 5.40. The molecule has 3 rings (SSSR count). The minimum atomic E-state index is -0.821. The van der Waals surface area contributed by atoms with Gasteiger partial charge in [-0.3, -0.25) is 9.59 Å². The SMILES string of the molecule is COC(NC1=C(C(=O)NCCc2cccc(F)c2)CCCC1)c1cccc(F)c1OC(C)=O. The Labute approximate surface area is 192 Å². The summed E-state index contributed by atoms with van der Waals surface area (Å²) in [4.78, 5) is 24.3. The van der Waals surface area contributed by atoms with Crippen LogP contribution in [-0.4, -0.2) is 25.5 Å². The number of allylic oxidation sites excluding steroid dienone is 1. The van der Waals surface area contributed by atoms with Crippen LogP contribution in [0.25, 0.3) is 0 Å². The average molecular weight is 459 g/mol. The molecule has 2 N–H and O–H groups in total. The molecule has 1 unspecified atom stereocenters. The highest BCUT2D eigenvalue weighted by atomic mass is 19.1. The molecule has 176 valence electrons. The summed E-state index contributed by atoms with van der Waals surface area (Å²) < 4.78 is 38.3. The molecule has 8 heteroatoms. The summed E-state index contributed by atoms with van der Waals surface area (Å²) in [5, 5.41) is 6.10. The Morgan fingerprint density at radius 3 is 2.58 bits per heavy atom. The number of halogens is 2. The van der Waals surface area contributed by atoms with Gasteiger partial charge in [0.1, 0.15) is 5.82 Å². The van der Waals surface area contributed by atoms with E-state index in [-0.39, 0.29) is 17.5 Å².